The van der Waals surface area contributed by atoms with Gasteiger partial charge in [0.05, 0.1) is 28.4 Å². The number of rotatable bonds is 2. The van der Waals surface area contributed by atoms with Crippen LogP contribution in [0.5, 0.6) is 0 Å². The first kappa shape index (κ1) is 13.4. The minimum absolute atomic E-state index is 0.177. The molecule has 0 aromatic heterocycles. The van der Waals surface area contributed by atoms with Gasteiger partial charge in [-0.05, 0) is 11.6 Å². The van der Waals surface area contributed by atoms with Gasteiger partial charge >= 0.3 is 0 Å². The third kappa shape index (κ3) is 2.14. The van der Waals surface area contributed by atoms with Gasteiger partial charge in [-0.3, -0.25) is 0 Å². The average Bonchev–Trinajstić information content (AvgIpc) is 2.44. The minimum Gasteiger partial charge on any atom is -0.398 e. The molecule has 104 valence electrons. The number of anilines is 5. The molecule has 2 rings (SSSR count). The van der Waals surface area contributed by atoms with Gasteiger partial charge in [0.15, 0.2) is 0 Å². The Hall–Kier alpha value is -3.02. The van der Waals surface area contributed by atoms with E-state index in [9.17, 15) is 0 Å². The van der Waals surface area contributed by atoms with E-state index in [1.54, 1.807) is 6.08 Å². The summed E-state index contributed by atoms with van der Waals surface area (Å²) < 4.78 is 0. The second-order valence-electron chi connectivity index (χ2n) is 4.45. The van der Waals surface area contributed by atoms with Gasteiger partial charge in [0.2, 0.25) is 0 Å². The molecule has 0 aliphatic carbocycles. The summed E-state index contributed by atoms with van der Waals surface area (Å²) >= 11 is 0. The Morgan fingerprint density at radius 1 is 0.700 bits per heavy atom. The van der Waals surface area contributed by atoms with Crippen LogP contribution in [0.4, 0.5) is 28.4 Å². The third-order valence-corrected chi connectivity index (χ3v) is 3.11. The van der Waals surface area contributed by atoms with E-state index in [1.165, 1.54) is 0 Å². The van der Waals surface area contributed by atoms with Crippen LogP contribution in [0, 0.1) is 0 Å². The molecular formula is C14H18N6. The number of hydrogen-bond donors (Lipinski definition) is 6. The van der Waals surface area contributed by atoms with E-state index >= 15 is 0 Å². The molecular weight excluding hydrogens is 252 g/mol. The highest BCUT2D eigenvalue weighted by Crippen LogP contribution is 2.40. The lowest BCUT2D eigenvalue weighted by Crippen LogP contribution is -2.13. The average molecular weight is 270 g/mol. The van der Waals surface area contributed by atoms with Crippen LogP contribution in [-0.2, 0) is 0 Å². The SMILES string of the molecule is NC(=Cc1ccccc1)c1c(N)c(N)c(N)c(N)c1N. The van der Waals surface area contributed by atoms with Crippen LogP contribution in [0.2, 0.25) is 0 Å². The lowest BCUT2D eigenvalue weighted by Gasteiger charge is -2.17. The molecule has 0 amide bonds. The van der Waals surface area contributed by atoms with Crippen molar-refractivity contribution in [3.8, 4) is 0 Å². The Balaban J connectivity index is 2.62. The summed E-state index contributed by atoms with van der Waals surface area (Å²) in [5, 5.41) is 0. The highest BCUT2D eigenvalue weighted by Gasteiger charge is 2.17. The normalized spacial score (nSPS) is 11.5. The Morgan fingerprint density at radius 2 is 1.15 bits per heavy atom. The summed E-state index contributed by atoms with van der Waals surface area (Å²) in [7, 11) is 0. The van der Waals surface area contributed by atoms with E-state index in [-0.39, 0.29) is 28.4 Å². The fourth-order valence-electron chi connectivity index (χ4n) is 1.96. The lowest BCUT2D eigenvalue weighted by molar-refractivity contribution is 1.51. The van der Waals surface area contributed by atoms with E-state index in [1.807, 2.05) is 30.3 Å². The second kappa shape index (κ2) is 4.93. The number of hydrogen-bond acceptors (Lipinski definition) is 6. The van der Waals surface area contributed by atoms with Gasteiger partial charge in [0.25, 0.3) is 0 Å². The summed E-state index contributed by atoms with van der Waals surface area (Å²) in [6.45, 7) is 0. The highest BCUT2D eigenvalue weighted by atomic mass is 14.8. The summed E-state index contributed by atoms with van der Waals surface area (Å²) in [5.41, 5.74) is 38.1. The van der Waals surface area contributed by atoms with E-state index in [4.69, 9.17) is 34.4 Å². The maximum Gasteiger partial charge on any atom is 0.0824 e. The fourth-order valence-corrected chi connectivity index (χ4v) is 1.96. The third-order valence-electron chi connectivity index (χ3n) is 3.11. The lowest BCUT2D eigenvalue weighted by atomic mass is 10.0. The molecule has 6 heteroatoms. The van der Waals surface area contributed by atoms with E-state index in [2.05, 4.69) is 0 Å². The first-order chi connectivity index (χ1) is 9.43. The molecule has 2 aromatic rings. The van der Waals surface area contributed by atoms with Crippen molar-refractivity contribution < 1.29 is 0 Å². The largest absolute Gasteiger partial charge is 0.398 e. The van der Waals surface area contributed by atoms with Gasteiger partial charge in [0, 0.05) is 11.3 Å². The summed E-state index contributed by atoms with van der Waals surface area (Å²) in [5.74, 6) is 0. The Morgan fingerprint density at radius 3 is 1.65 bits per heavy atom. The molecule has 0 bridgehead atoms. The van der Waals surface area contributed by atoms with Crippen molar-refractivity contribution in [1.82, 2.24) is 0 Å². The molecule has 0 unspecified atom stereocenters. The molecule has 6 nitrogen and oxygen atoms in total. The van der Waals surface area contributed by atoms with Crippen LogP contribution in [0.15, 0.2) is 30.3 Å². The van der Waals surface area contributed by atoms with Crippen molar-refractivity contribution in [1.29, 1.82) is 0 Å². The molecule has 0 aliphatic heterocycles. The quantitative estimate of drug-likeness (QED) is 0.354. The van der Waals surface area contributed by atoms with Crippen molar-refractivity contribution in [2.45, 2.75) is 0 Å². The molecule has 0 heterocycles. The molecule has 12 N–H and O–H groups in total. The second-order valence-corrected chi connectivity index (χ2v) is 4.45. The van der Waals surface area contributed by atoms with Gasteiger partial charge in [-0.2, -0.15) is 0 Å². The van der Waals surface area contributed by atoms with Crippen LogP contribution < -0.4 is 34.4 Å². The molecule has 0 spiro atoms. The number of nitrogen functional groups attached to an aromatic ring is 5. The smallest absolute Gasteiger partial charge is 0.0824 e. The van der Waals surface area contributed by atoms with Gasteiger partial charge in [-0.15, -0.1) is 0 Å². The molecule has 20 heavy (non-hydrogen) atoms. The van der Waals surface area contributed by atoms with Gasteiger partial charge < -0.3 is 34.4 Å². The summed E-state index contributed by atoms with van der Waals surface area (Å²) in [6, 6.07) is 9.52. The first-order valence-electron chi connectivity index (χ1n) is 5.97. The van der Waals surface area contributed by atoms with Crippen LogP contribution >= 0.6 is 0 Å². The first-order valence-corrected chi connectivity index (χ1v) is 5.97. The van der Waals surface area contributed by atoms with Crippen molar-refractivity contribution in [3.05, 3.63) is 41.5 Å². The van der Waals surface area contributed by atoms with E-state index in [0.29, 0.717) is 11.3 Å². The predicted molar refractivity (Wildman–Crippen MR) is 87.0 cm³/mol. The maximum absolute atomic E-state index is 6.07. The number of nitrogens with two attached hydrogens (primary N) is 6. The van der Waals surface area contributed by atoms with E-state index < -0.39 is 0 Å². The highest BCUT2D eigenvalue weighted by molar-refractivity contribution is 6.04. The minimum atomic E-state index is 0.177. The zero-order valence-corrected chi connectivity index (χ0v) is 10.9. The van der Waals surface area contributed by atoms with Crippen LogP contribution in [0.25, 0.3) is 11.8 Å². The number of benzene rings is 2. The molecule has 2 aromatic carbocycles. The molecule has 0 aliphatic rings. The Kier molecular flexibility index (Phi) is 3.30. The van der Waals surface area contributed by atoms with Crippen molar-refractivity contribution in [3.63, 3.8) is 0 Å². The zero-order valence-electron chi connectivity index (χ0n) is 10.9. The zero-order chi connectivity index (χ0) is 14.9. The molecule has 0 fully saturated rings. The summed E-state index contributed by atoms with van der Waals surface area (Å²) in [4.78, 5) is 0. The van der Waals surface area contributed by atoms with Crippen LogP contribution in [-0.4, -0.2) is 0 Å². The summed E-state index contributed by atoms with van der Waals surface area (Å²) in [6.07, 6.45) is 1.75. The van der Waals surface area contributed by atoms with Gasteiger partial charge in [0.1, 0.15) is 0 Å². The monoisotopic (exact) mass is 270 g/mol. The van der Waals surface area contributed by atoms with Crippen molar-refractivity contribution in [2.24, 2.45) is 5.73 Å². The van der Waals surface area contributed by atoms with Crippen LogP contribution in [0.3, 0.4) is 0 Å². The molecule has 0 saturated carbocycles. The van der Waals surface area contributed by atoms with Crippen molar-refractivity contribution >= 4 is 40.2 Å². The predicted octanol–water partition coefficient (Wildman–Crippen LogP) is 1.05. The fraction of sp³-hybridized carbons (Fsp3) is 0. The van der Waals surface area contributed by atoms with Gasteiger partial charge in [-0.25, -0.2) is 0 Å². The van der Waals surface area contributed by atoms with Gasteiger partial charge in [-0.1, -0.05) is 30.3 Å². The Bertz CT molecular complexity index is 647. The van der Waals surface area contributed by atoms with Crippen molar-refractivity contribution in [2.75, 3.05) is 28.7 Å². The standard InChI is InChI=1S/C14H18N6/c15-8(6-7-4-2-1-3-5-7)9-10(16)12(18)14(20)13(19)11(9)17/h1-6H,15-20H2. The van der Waals surface area contributed by atoms with E-state index in [0.717, 1.165) is 5.56 Å². The van der Waals surface area contributed by atoms with Crippen LogP contribution in [0.1, 0.15) is 11.1 Å². The maximum atomic E-state index is 6.07. The molecule has 0 saturated heterocycles. The Labute approximate surface area is 117 Å². The molecule has 0 radical (unpaired) electrons. The molecule has 0 atom stereocenters. The topological polar surface area (TPSA) is 156 Å².